The van der Waals surface area contributed by atoms with Crippen molar-refractivity contribution >= 4 is 5.91 Å². The minimum atomic E-state index is -4.32. The molecular formula is C10H19F3N2O3. The van der Waals surface area contributed by atoms with Gasteiger partial charge in [0, 0.05) is 20.2 Å². The summed E-state index contributed by atoms with van der Waals surface area (Å²) in [6, 6.07) is -0.489. The van der Waals surface area contributed by atoms with Crippen molar-refractivity contribution in [3.8, 4) is 0 Å². The highest BCUT2D eigenvalue weighted by Crippen LogP contribution is 2.13. The number of halogens is 3. The lowest BCUT2D eigenvalue weighted by atomic mass is 10.3. The molecule has 0 fully saturated rings. The van der Waals surface area contributed by atoms with Gasteiger partial charge in [-0.2, -0.15) is 13.2 Å². The fourth-order valence-corrected chi connectivity index (χ4v) is 1.06. The lowest BCUT2D eigenvalue weighted by Crippen LogP contribution is -2.44. The van der Waals surface area contributed by atoms with E-state index in [0.29, 0.717) is 13.2 Å². The highest BCUT2D eigenvalue weighted by atomic mass is 19.4. The van der Waals surface area contributed by atoms with Crippen molar-refractivity contribution in [3.05, 3.63) is 0 Å². The van der Waals surface area contributed by atoms with Gasteiger partial charge in [-0.3, -0.25) is 4.79 Å². The predicted molar refractivity (Wildman–Crippen MR) is 59.2 cm³/mol. The first-order chi connectivity index (χ1) is 8.37. The van der Waals surface area contributed by atoms with Gasteiger partial charge in [-0.15, -0.1) is 0 Å². The van der Waals surface area contributed by atoms with Crippen molar-refractivity contribution in [1.29, 1.82) is 0 Å². The van der Waals surface area contributed by atoms with E-state index in [1.54, 1.807) is 6.92 Å². The first kappa shape index (κ1) is 17.1. The largest absolute Gasteiger partial charge is 0.411 e. The van der Waals surface area contributed by atoms with E-state index in [2.05, 4.69) is 15.4 Å². The maximum absolute atomic E-state index is 11.7. The van der Waals surface area contributed by atoms with Crippen LogP contribution in [-0.4, -0.2) is 58.1 Å². The van der Waals surface area contributed by atoms with Crippen molar-refractivity contribution in [2.24, 2.45) is 0 Å². The third-order valence-corrected chi connectivity index (χ3v) is 1.96. The molecule has 0 aliphatic rings. The zero-order valence-electron chi connectivity index (χ0n) is 10.5. The molecule has 0 aliphatic carbocycles. The SMILES string of the molecule is COCCNC(=O)C(C)NCCOCC(F)(F)F. The summed E-state index contributed by atoms with van der Waals surface area (Å²) >= 11 is 0. The minimum absolute atomic E-state index is 0.102. The van der Waals surface area contributed by atoms with E-state index in [4.69, 9.17) is 4.74 Å². The van der Waals surface area contributed by atoms with Gasteiger partial charge in [0.15, 0.2) is 0 Å². The van der Waals surface area contributed by atoms with Gasteiger partial charge in [0.25, 0.3) is 0 Å². The van der Waals surface area contributed by atoms with Crippen molar-refractivity contribution in [2.45, 2.75) is 19.1 Å². The Morgan fingerprint density at radius 2 is 1.94 bits per heavy atom. The van der Waals surface area contributed by atoms with Gasteiger partial charge in [-0.25, -0.2) is 0 Å². The van der Waals surface area contributed by atoms with Gasteiger partial charge in [0.2, 0.25) is 5.91 Å². The average Bonchev–Trinajstić information content (AvgIpc) is 2.27. The van der Waals surface area contributed by atoms with Crippen molar-refractivity contribution < 1.29 is 27.4 Å². The summed E-state index contributed by atoms with van der Waals surface area (Å²) in [7, 11) is 1.52. The highest BCUT2D eigenvalue weighted by Gasteiger charge is 2.27. The lowest BCUT2D eigenvalue weighted by Gasteiger charge is -2.14. The number of ether oxygens (including phenoxy) is 2. The van der Waals surface area contributed by atoms with Crippen LogP contribution in [0.5, 0.6) is 0 Å². The van der Waals surface area contributed by atoms with E-state index >= 15 is 0 Å². The molecule has 0 aromatic carbocycles. The standard InChI is InChI=1S/C10H19F3N2O3/c1-8(9(16)15-3-5-17-2)14-4-6-18-7-10(11,12)13/h8,14H,3-7H2,1-2H3,(H,15,16). The number of carbonyl (C=O) groups excluding carboxylic acids is 1. The molecule has 0 spiro atoms. The number of nitrogens with one attached hydrogen (secondary N) is 2. The Labute approximate surface area is 104 Å². The molecular weight excluding hydrogens is 253 g/mol. The third kappa shape index (κ3) is 10.3. The van der Waals surface area contributed by atoms with E-state index in [-0.39, 0.29) is 19.1 Å². The molecule has 0 aromatic heterocycles. The molecule has 0 saturated heterocycles. The van der Waals surface area contributed by atoms with Gasteiger partial charge >= 0.3 is 6.18 Å². The van der Waals surface area contributed by atoms with Gasteiger partial charge in [0.1, 0.15) is 6.61 Å². The van der Waals surface area contributed by atoms with Crippen molar-refractivity contribution in [2.75, 3.05) is 40.0 Å². The van der Waals surface area contributed by atoms with Crippen LogP contribution < -0.4 is 10.6 Å². The molecule has 2 N–H and O–H groups in total. The topological polar surface area (TPSA) is 59.6 Å². The lowest BCUT2D eigenvalue weighted by molar-refractivity contribution is -0.173. The number of amides is 1. The molecule has 0 saturated carbocycles. The van der Waals surface area contributed by atoms with E-state index < -0.39 is 18.8 Å². The van der Waals surface area contributed by atoms with Crippen molar-refractivity contribution in [1.82, 2.24) is 10.6 Å². The fourth-order valence-electron chi connectivity index (χ4n) is 1.06. The Hall–Kier alpha value is -0.860. The summed E-state index contributed by atoms with van der Waals surface area (Å²) in [6.07, 6.45) is -4.32. The molecule has 5 nitrogen and oxygen atoms in total. The fraction of sp³-hybridized carbons (Fsp3) is 0.900. The number of carbonyl (C=O) groups is 1. The number of hydrogen-bond donors (Lipinski definition) is 2. The quantitative estimate of drug-likeness (QED) is 0.593. The summed E-state index contributed by atoms with van der Waals surface area (Å²) in [4.78, 5) is 11.4. The Morgan fingerprint density at radius 3 is 2.50 bits per heavy atom. The maximum Gasteiger partial charge on any atom is 0.411 e. The Balaban J connectivity index is 3.52. The first-order valence-corrected chi connectivity index (χ1v) is 5.51. The number of hydrogen-bond acceptors (Lipinski definition) is 4. The molecule has 0 aliphatic heterocycles. The molecule has 1 amide bonds. The first-order valence-electron chi connectivity index (χ1n) is 5.51. The molecule has 0 aromatic rings. The second-order valence-electron chi connectivity index (χ2n) is 3.63. The monoisotopic (exact) mass is 272 g/mol. The van der Waals surface area contributed by atoms with Crippen LogP contribution in [0.3, 0.4) is 0 Å². The van der Waals surface area contributed by atoms with Crippen LogP contribution in [0.2, 0.25) is 0 Å². The van der Waals surface area contributed by atoms with Crippen LogP contribution in [0.4, 0.5) is 13.2 Å². The van der Waals surface area contributed by atoms with E-state index in [1.807, 2.05) is 0 Å². The molecule has 0 heterocycles. The molecule has 0 bridgehead atoms. The molecule has 8 heteroatoms. The molecule has 108 valence electrons. The zero-order valence-corrected chi connectivity index (χ0v) is 10.5. The summed E-state index contributed by atoms with van der Waals surface area (Å²) < 4.78 is 44.3. The Bertz CT molecular complexity index is 237. The van der Waals surface area contributed by atoms with Crippen LogP contribution in [0.25, 0.3) is 0 Å². The van der Waals surface area contributed by atoms with E-state index in [0.717, 1.165) is 0 Å². The van der Waals surface area contributed by atoms with Gasteiger partial charge in [0.05, 0.1) is 19.3 Å². The van der Waals surface area contributed by atoms with Crippen molar-refractivity contribution in [3.63, 3.8) is 0 Å². The number of alkyl halides is 3. The second kappa shape index (κ2) is 9.12. The summed E-state index contributed by atoms with van der Waals surface area (Å²) in [5.74, 6) is -0.233. The minimum Gasteiger partial charge on any atom is -0.383 e. The molecule has 0 radical (unpaired) electrons. The van der Waals surface area contributed by atoms with Gasteiger partial charge < -0.3 is 20.1 Å². The highest BCUT2D eigenvalue weighted by molar-refractivity contribution is 5.81. The molecule has 18 heavy (non-hydrogen) atoms. The van der Waals surface area contributed by atoms with Crippen LogP contribution in [-0.2, 0) is 14.3 Å². The summed E-state index contributed by atoms with van der Waals surface area (Å²) in [5.41, 5.74) is 0. The van der Waals surface area contributed by atoms with E-state index in [9.17, 15) is 18.0 Å². The van der Waals surface area contributed by atoms with Crippen LogP contribution in [0.1, 0.15) is 6.92 Å². The summed E-state index contributed by atoms with van der Waals surface area (Å²) in [5, 5.41) is 5.35. The van der Waals surface area contributed by atoms with Crippen LogP contribution in [0.15, 0.2) is 0 Å². The smallest absolute Gasteiger partial charge is 0.383 e. The second-order valence-corrected chi connectivity index (χ2v) is 3.63. The normalized spacial score (nSPS) is 13.4. The van der Waals surface area contributed by atoms with Crippen LogP contribution in [0, 0.1) is 0 Å². The van der Waals surface area contributed by atoms with Crippen LogP contribution >= 0.6 is 0 Å². The zero-order chi connectivity index (χ0) is 14.0. The summed E-state index contributed by atoms with van der Waals surface area (Å²) in [6.45, 7) is 1.22. The van der Waals surface area contributed by atoms with Gasteiger partial charge in [-0.05, 0) is 6.92 Å². The number of rotatable bonds is 9. The molecule has 0 rings (SSSR count). The Morgan fingerprint density at radius 1 is 1.28 bits per heavy atom. The predicted octanol–water partition coefficient (Wildman–Crippen LogP) is 0.306. The Kier molecular flexibility index (Phi) is 8.69. The van der Waals surface area contributed by atoms with Gasteiger partial charge in [-0.1, -0.05) is 0 Å². The maximum atomic E-state index is 11.7. The molecule has 1 unspecified atom stereocenters. The third-order valence-electron chi connectivity index (χ3n) is 1.96. The average molecular weight is 272 g/mol. The van der Waals surface area contributed by atoms with E-state index in [1.165, 1.54) is 7.11 Å². The number of methoxy groups -OCH3 is 1. The molecule has 1 atom stereocenters.